The van der Waals surface area contributed by atoms with Gasteiger partial charge in [0, 0.05) is 30.3 Å². The number of hydrogen-bond donors (Lipinski definition) is 0. The zero-order valence-corrected chi connectivity index (χ0v) is 14.1. The Bertz CT molecular complexity index is 697. The summed E-state index contributed by atoms with van der Waals surface area (Å²) in [7, 11) is 0. The Labute approximate surface area is 139 Å². The molecule has 2 fully saturated rings. The van der Waals surface area contributed by atoms with Crippen molar-refractivity contribution in [2.24, 2.45) is 5.41 Å². The molecule has 4 rings (SSSR count). The number of rotatable bonds is 4. The van der Waals surface area contributed by atoms with Crippen LogP contribution in [0, 0.1) is 12.3 Å². The standard InChI is InChI=1S/C17H21N3O2S/c1-13-18-14(10-23-13)8-20-12-17(7-16(20)21)4-5-19(11-17)9-15-3-2-6-22-15/h2-3,6,10H,4-5,7-9,11-12H2,1H3. The molecule has 2 aliphatic rings. The fourth-order valence-electron chi connectivity index (χ4n) is 3.86. The van der Waals surface area contributed by atoms with Crippen molar-refractivity contribution in [3.63, 3.8) is 0 Å². The van der Waals surface area contributed by atoms with Gasteiger partial charge in [-0.1, -0.05) is 0 Å². The summed E-state index contributed by atoms with van der Waals surface area (Å²) >= 11 is 1.65. The second kappa shape index (κ2) is 5.76. The molecule has 1 atom stereocenters. The number of aromatic nitrogens is 1. The van der Waals surface area contributed by atoms with Gasteiger partial charge in [-0.15, -0.1) is 11.3 Å². The number of furan rings is 1. The van der Waals surface area contributed by atoms with Gasteiger partial charge in [0.25, 0.3) is 0 Å². The number of nitrogens with zero attached hydrogens (tertiary/aromatic N) is 3. The molecule has 122 valence electrons. The van der Waals surface area contributed by atoms with Gasteiger partial charge < -0.3 is 9.32 Å². The molecule has 0 aliphatic carbocycles. The van der Waals surface area contributed by atoms with Crippen LogP contribution in [-0.4, -0.2) is 40.3 Å². The lowest BCUT2D eigenvalue weighted by Gasteiger charge is -2.23. The number of thiazole rings is 1. The normalized spacial score (nSPS) is 25.1. The lowest BCUT2D eigenvalue weighted by molar-refractivity contribution is -0.128. The van der Waals surface area contributed by atoms with Gasteiger partial charge in [-0.25, -0.2) is 4.98 Å². The Hall–Kier alpha value is -1.66. The predicted octanol–water partition coefficient (Wildman–Crippen LogP) is 2.67. The van der Waals surface area contributed by atoms with Crippen LogP contribution in [0.15, 0.2) is 28.2 Å². The SMILES string of the molecule is Cc1nc(CN2CC3(CCN(Cc4ccco4)C3)CC2=O)cs1. The average Bonchev–Trinajstić information content (AvgIpc) is 3.26. The minimum Gasteiger partial charge on any atom is -0.468 e. The molecule has 1 unspecified atom stereocenters. The van der Waals surface area contributed by atoms with E-state index < -0.39 is 0 Å². The van der Waals surface area contributed by atoms with Crippen molar-refractivity contribution in [1.82, 2.24) is 14.8 Å². The Morgan fingerprint density at radius 3 is 3.04 bits per heavy atom. The van der Waals surface area contributed by atoms with Crippen molar-refractivity contribution in [3.8, 4) is 0 Å². The molecule has 0 radical (unpaired) electrons. The van der Waals surface area contributed by atoms with Crippen LogP contribution >= 0.6 is 11.3 Å². The van der Waals surface area contributed by atoms with Crippen LogP contribution in [0.5, 0.6) is 0 Å². The van der Waals surface area contributed by atoms with Gasteiger partial charge in [0.1, 0.15) is 5.76 Å². The molecule has 2 aliphatic heterocycles. The average molecular weight is 331 g/mol. The van der Waals surface area contributed by atoms with E-state index in [1.807, 2.05) is 24.0 Å². The summed E-state index contributed by atoms with van der Waals surface area (Å²) in [6.07, 6.45) is 3.48. The molecule has 0 saturated carbocycles. The number of hydrogen-bond acceptors (Lipinski definition) is 5. The fraction of sp³-hybridized carbons (Fsp3) is 0.529. The highest BCUT2D eigenvalue weighted by Gasteiger charge is 2.47. The Morgan fingerprint density at radius 1 is 1.39 bits per heavy atom. The maximum atomic E-state index is 12.4. The minimum absolute atomic E-state index is 0.120. The monoisotopic (exact) mass is 331 g/mol. The second-order valence-electron chi connectivity index (χ2n) is 6.82. The van der Waals surface area contributed by atoms with Crippen LogP contribution in [0.3, 0.4) is 0 Å². The number of aryl methyl sites for hydroxylation is 1. The summed E-state index contributed by atoms with van der Waals surface area (Å²) in [5, 5.41) is 3.12. The third kappa shape index (κ3) is 3.05. The van der Waals surface area contributed by atoms with Crippen LogP contribution in [0.25, 0.3) is 0 Å². The quantitative estimate of drug-likeness (QED) is 0.864. The molecule has 2 saturated heterocycles. The molecule has 2 aromatic rings. The summed E-state index contributed by atoms with van der Waals surface area (Å²) < 4.78 is 5.44. The predicted molar refractivity (Wildman–Crippen MR) is 87.9 cm³/mol. The van der Waals surface area contributed by atoms with Crippen molar-refractivity contribution in [2.45, 2.75) is 32.9 Å². The first-order valence-corrected chi connectivity index (χ1v) is 8.93. The molecule has 0 bridgehead atoms. The zero-order chi connectivity index (χ0) is 15.9. The van der Waals surface area contributed by atoms with Crippen LogP contribution in [0.4, 0.5) is 0 Å². The number of carbonyl (C=O) groups excluding carboxylic acids is 1. The van der Waals surface area contributed by atoms with Gasteiger partial charge in [-0.2, -0.15) is 0 Å². The third-order valence-electron chi connectivity index (χ3n) is 4.90. The van der Waals surface area contributed by atoms with Crippen LogP contribution in [-0.2, 0) is 17.9 Å². The Morgan fingerprint density at radius 2 is 2.30 bits per heavy atom. The van der Waals surface area contributed by atoms with E-state index >= 15 is 0 Å². The Balaban J connectivity index is 1.39. The van der Waals surface area contributed by atoms with Crippen LogP contribution in [0.1, 0.15) is 29.3 Å². The molecule has 0 aromatic carbocycles. The summed E-state index contributed by atoms with van der Waals surface area (Å²) in [6.45, 7) is 6.38. The van der Waals surface area contributed by atoms with Crippen LogP contribution in [0.2, 0.25) is 0 Å². The highest BCUT2D eigenvalue weighted by Crippen LogP contribution is 2.41. The largest absolute Gasteiger partial charge is 0.468 e. The third-order valence-corrected chi connectivity index (χ3v) is 5.72. The van der Waals surface area contributed by atoms with Gasteiger partial charge in [-0.05, 0) is 32.0 Å². The highest BCUT2D eigenvalue weighted by atomic mass is 32.1. The lowest BCUT2D eigenvalue weighted by Crippen LogP contribution is -2.31. The highest BCUT2D eigenvalue weighted by molar-refractivity contribution is 7.09. The molecular weight excluding hydrogens is 310 g/mol. The second-order valence-corrected chi connectivity index (χ2v) is 7.89. The van der Waals surface area contributed by atoms with E-state index in [1.54, 1.807) is 17.6 Å². The van der Waals surface area contributed by atoms with E-state index in [9.17, 15) is 4.79 Å². The minimum atomic E-state index is 0.120. The molecular formula is C17H21N3O2S. The van der Waals surface area contributed by atoms with E-state index in [0.29, 0.717) is 13.0 Å². The molecule has 2 aromatic heterocycles. The van der Waals surface area contributed by atoms with E-state index in [0.717, 1.165) is 49.1 Å². The summed E-state index contributed by atoms with van der Waals surface area (Å²) in [5.41, 5.74) is 1.14. The van der Waals surface area contributed by atoms with E-state index in [-0.39, 0.29) is 11.3 Å². The number of carbonyl (C=O) groups is 1. The van der Waals surface area contributed by atoms with Crippen LogP contribution < -0.4 is 0 Å². The fourth-order valence-corrected chi connectivity index (χ4v) is 4.46. The van der Waals surface area contributed by atoms with Crippen molar-refractivity contribution in [2.75, 3.05) is 19.6 Å². The molecule has 6 heteroatoms. The summed E-state index contributed by atoms with van der Waals surface area (Å²) in [6, 6.07) is 3.94. The molecule has 1 spiro atoms. The van der Waals surface area contributed by atoms with Crippen molar-refractivity contribution < 1.29 is 9.21 Å². The smallest absolute Gasteiger partial charge is 0.223 e. The van der Waals surface area contributed by atoms with Gasteiger partial charge in [0.15, 0.2) is 0 Å². The molecule has 23 heavy (non-hydrogen) atoms. The van der Waals surface area contributed by atoms with Gasteiger partial charge >= 0.3 is 0 Å². The van der Waals surface area contributed by atoms with E-state index in [4.69, 9.17) is 4.42 Å². The van der Waals surface area contributed by atoms with Crippen molar-refractivity contribution >= 4 is 17.2 Å². The summed E-state index contributed by atoms with van der Waals surface area (Å²) in [5.74, 6) is 1.27. The number of amides is 1. The maximum Gasteiger partial charge on any atom is 0.223 e. The van der Waals surface area contributed by atoms with Crippen molar-refractivity contribution in [3.05, 3.63) is 40.2 Å². The van der Waals surface area contributed by atoms with E-state index in [1.165, 1.54) is 0 Å². The summed E-state index contributed by atoms with van der Waals surface area (Å²) in [4.78, 5) is 21.3. The van der Waals surface area contributed by atoms with Gasteiger partial charge in [-0.3, -0.25) is 9.69 Å². The first-order chi connectivity index (χ1) is 11.1. The van der Waals surface area contributed by atoms with Gasteiger partial charge in [0.05, 0.1) is 30.1 Å². The lowest BCUT2D eigenvalue weighted by atomic mass is 9.86. The first kappa shape index (κ1) is 14.9. The Kier molecular flexibility index (Phi) is 3.73. The maximum absolute atomic E-state index is 12.4. The molecule has 4 heterocycles. The zero-order valence-electron chi connectivity index (χ0n) is 13.3. The van der Waals surface area contributed by atoms with E-state index in [2.05, 4.69) is 15.3 Å². The molecule has 5 nitrogen and oxygen atoms in total. The topological polar surface area (TPSA) is 49.6 Å². The molecule has 0 N–H and O–H groups in total. The van der Waals surface area contributed by atoms with Gasteiger partial charge in [0.2, 0.25) is 5.91 Å². The first-order valence-electron chi connectivity index (χ1n) is 8.05. The number of likely N-dealkylation sites (tertiary alicyclic amines) is 2. The molecule has 1 amide bonds. The van der Waals surface area contributed by atoms with Crippen molar-refractivity contribution in [1.29, 1.82) is 0 Å².